The lowest BCUT2D eigenvalue weighted by Gasteiger charge is -2.35. The van der Waals surface area contributed by atoms with E-state index in [2.05, 4.69) is 18.0 Å². The van der Waals surface area contributed by atoms with Gasteiger partial charge < -0.3 is 9.80 Å². The van der Waals surface area contributed by atoms with Crippen LogP contribution in [0.2, 0.25) is 0 Å². The van der Waals surface area contributed by atoms with Gasteiger partial charge in [0.05, 0.1) is 11.9 Å². The average Bonchev–Trinajstić information content (AvgIpc) is 2.64. The zero-order chi connectivity index (χ0) is 18.8. The van der Waals surface area contributed by atoms with Gasteiger partial charge in [-0.25, -0.2) is 0 Å². The van der Waals surface area contributed by atoms with Crippen LogP contribution < -0.4 is 0 Å². The first-order valence-electron chi connectivity index (χ1n) is 9.30. The first-order valence-corrected chi connectivity index (χ1v) is 9.30. The van der Waals surface area contributed by atoms with Crippen molar-refractivity contribution in [2.24, 2.45) is 5.92 Å². The fourth-order valence-corrected chi connectivity index (χ4v) is 3.64. The summed E-state index contributed by atoms with van der Waals surface area (Å²) in [4.78, 5) is 33.3. The molecule has 0 atom stereocenters. The summed E-state index contributed by atoms with van der Waals surface area (Å²) in [7, 11) is 0. The zero-order valence-electron chi connectivity index (χ0n) is 16.1. The molecule has 0 spiro atoms. The van der Waals surface area contributed by atoms with Gasteiger partial charge in [-0.05, 0) is 31.0 Å². The van der Waals surface area contributed by atoms with Crippen molar-refractivity contribution in [1.82, 2.24) is 14.8 Å². The van der Waals surface area contributed by atoms with Crippen LogP contribution >= 0.6 is 0 Å². The molecule has 2 aromatic rings. The van der Waals surface area contributed by atoms with Gasteiger partial charge in [0, 0.05) is 43.2 Å². The Labute approximate surface area is 155 Å². The molecule has 138 valence electrons. The fourth-order valence-electron chi connectivity index (χ4n) is 3.64. The first kappa shape index (κ1) is 18.4. The molecule has 1 aliphatic heterocycles. The SMILES string of the molecule is Cc1nc2ccccc2c(C)c1CC(=O)N1CCN(C(=O)C(C)C)CC1. The number of rotatable bonds is 3. The molecule has 0 N–H and O–H groups in total. The molecule has 0 aliphatic carbocycles. The van der Waals surface area contributed by atoms with Gasteiger partial charge in [0.2, 0.25) is 11.8 Å². The number of pyridine rings is 1. The van der Waals surface area contributed by atoms with Crippen molar-refractivity contribution in [2.75, 3.05) is 26.2 Å². The normalized spacial score (nSPS) is 15.0. The molecule has 0 radical (unpaired) electrons. The minimum Gasteiger partial charge on any atom is -0.339 e. The number of aromatic nitrogens is 1. The van der Waals surface area contributed by atoms with Gasteiger partial charge in [-0.15, -0.1) is 0 Å². The van der Waals surface area contributed by atoms with Crippen LogP contribution in [-0.2, 0) is 16.0 Å². The minimum absolute atomic E-state index is 0.00576. The van der Waals surface area contributed by atoms with Crippen LogP contribution in [0.15, 0.2) is 24.3 Å². The number of nitrogens with zero attached hydrogens (tertiary/aromatic N) is 3. The van der Waals surface area contributed by atoms with Crippen molar-refractivity contribution in [2.45, 2.75) is 34.1 Å². The minimum atomic E-state index is 0.00576. The molecular weight excluding hydrogens is 326 g/mol. The third kappa shape index (κ3) is 3.57. The van der Waals surface area contributed by atoms with E-state index in [1.807, 2.05) is 48.8 Å². The van der Waals surface area contributed by atoms with Crippen LogP contribution in [-0.4, -0.2) is 52.8 Å². The van der Waals surface area contributed by atoms with E-state index in [-0.39, 0.29) is 17.7 Å². The third-order valence-corrected chi connectivity index (χ3v) is 5.25. The Balaban J connectivity index is 1.71. The van der Waals surface area contributed by atoms with Crippen LogP contribution in [0.4, 0.5) is 0 Å². The largest absolute Gasteiger partial charge is 0.339 e. The summed E-state index contributed by atoms with van der Waals surface area (Å²) in [5.74, 6) is 0.290. The Kier molecular flexibility index (Phi) is 5.25. The monoisotopic (exact) mass is 353 g/mol. The van der Waals surface area contributed by atoms with Gasteiger partial charge >= 0.3 is 0 Å². The van der Waals surface area contributed by atoms with Gasteiger partial charge in [-0.1, -0.05) is 32.0 Å². The number of aryl methyl sites for hydroxylation is 2. The maximum atomic E-state index is 12.8. The standard InChI is InChI=1S/C21H27N3O2/c1-14(2)21(26)24-11-9-23(10-12-24)20(25)13-18-15(3)17-7-5-6-8-19(17)22-16(18)4/h5-8,14H,9-13H2,1-4H3. The summed E-state index contributed by atoms with van der Waals surface area (Å²) < 4.78 is 0. The molecule has 0 saturated carbocycles. The van der Waals surface area contributed by atoms with Gasteiger partial charge in [0.15, 0.2) is 0 Å². The Morgan fingerprint density at radius 2 is 1.65 bits per heavy atom. The number of fused-ring (bicyclic) bond motifs is 1. The predicted octanol–water partition coefficient (Wildman–Crippen LogP) is 2.72. The summed E-state index contributed by atoms with van der Waals surface area (Å²) in [5.41, 5.74) is 4.05. The van der Waals surface area contributed by atoms with Crippen molar-refractivity contribution in [3.63, 3.8) is 0 Å². The average molecular weight is 353 g/mol. The predicted molar refractivity (Wildman–Crippen MR) is 103 cm³/mol. The van der Waals surface area contributed by atoms with Gasteiger partial charge in [0.1, 0.15) is 0 Å². The number of piperazine rings is 1. The smallest absolute Gasteiger partial charge is 0.227 e. The third-order valence-electron chi connectivity index (χ3n) is 5.25. The Morgan fingerprint density at radius 1 is 1.04 bits per heavy atom. The lowest BCUT2D eigenvalue weighted by atomic mass is 9.99. The van der Waals surface area contributed by atoms with Gasteiger partial charge in [-0.3, -0.25) is 14.6 Å². The van der Waals surface area contributed by atoms with E-state index < -0.39 is 0 Å². The van der Waals surface area contributed by atoms with Crippen LogP contribution in [0.5, 0.6) is 0 Å². The molecule has 1 aliphatic rings. The van der Waals surface area contributed by atoms with Crippen LogP contribution in [0.3, 0.4) is 0 Å². The van der Waals surface area contributed by atoms with Crippen molar-refractivity contribution >= 4 is 22.7 Å². The molecule has 26 heavy (non-hydrogen) atoms. The topological polar surface area (TPSA) is 53.5 Å². The fraction of sp³-hybridized carbons (Fsp3) is 0.476. The van der Waals surface area contributed by atoms with Gasteiger partial charge in [0.25, 0.3) is 0 Å². The Bertz CT molecular complexity index is 837. The second-order valence-corrected chi connectivity index (χ2v) is 7.36. The lowest BCUT2D eigenvalue weighted by Crippen LogP contribution is -2.51. The maximum absolute atomic E-state index is 12.8. The molecule has 3 rings (SSSR count). The molecule has 1 aromatic heterocycles. The van der Waals surface area contributed by atoms with E-state index in [0.29, 0.717) is 32.6 Å². The van der Waals surface area contributed by atoms with E-state index in [0.717, 1.165) is 27.7 Å². The molecule has 5 heteroatoms. The maximum Gasteiger partial charge on any atom is 0.227 e. The molecule has 2 heterocycles. The van der Waals surface area contributed by atoms with Crippen molar-refractivity contribution in [1.29, 1.82) is 0 Å². The van der Waals surface area contributed by atoms with E-state index in [9.17, 15) is 9.59 Å². The highest BCUT2D eigenvalue weighted by molar-refractivity contribution is 5.86. The molecule has 1 saturated heterocycles. The molecule has 0 unspecified atom stereocenters. The quantitative estimate of drug-likeness (QED) is 0.852. The zero-order valence-corrected chi connectivity index (χ0v) is 16.1. The molecule has 5 nitrogen and oxygen atoms in total. The van der Waals surface area contributed by atoms with Crippen molar-refractivity contribution in [3.05, 3.63) is 41.1 Å². The first-order chi connectivity index (χ1) is 12.4. The highest BCUT2D eigenvalue weighted by Gasteiger charge is 2.26. The van der Waals surface area contributed by atoms with Crippen molar-refractivity contribution < 1.29 is 9.59 Å². The molecule has 1 aromatic carbocycles. The van der Waals surface area contributed by atoms with Crippen LogP contribution in [0, 0.1) is 19.8 Å². The highest BCUT2D eigenvalue weighted by Crippen LogP contribution is 2.23. The second kappa shape index (κ2) is 7.44. The van der Waals surface area contributed by atoms with Crippen LogP contribution in [0.1, 0.15) is 30.7 Å². The number of carbonyl (C=O) groups is 2. The molecular formula is C21H27N3O2. The Hall–Kier alpha value is -2.43. The number of para-hydroxylation sites is 1. The summed E-state index contributed by atoms with van der Waals surface area (Å²) in [5, 5.41) is 1.10. The summed E-state index contributed by atoms with van der Waals surface area (Å²) >= 11 is 0. The number of hydrogen-bond donors (Lipinski definition) is 0. The summed E-state index contributed by atoms with van der Waals surface area (Å²) in [6.45, 7) is 10.3. The molecule has 2 amide bonds. The number of hydrogen-bond acceptors (Lipinski definition) is 3. The summed E-state index contributed by atoms with van der Waals surface area (Å²) in [6, 6.07) is 8.05. The second-order valence-electron chi connectivity index (χ2n) is 7.36. The molecule has 0 bridgehead atoms. The van der Waals surface area contributed by atoms with Crippen LogP contribution in [0.25, 0.3) is 10.9 Å². The van der Waals surface area contributed by atoms with E-state index in [4.69, 9.17) is 0 Å². The van der Waals surface area contributed by atoms with E-state index in [1.54, 1.807) is 0 Å². The number of carbonyl (C=O) groups excluding carboxylic acids is 2. The number of amides is 2. The van der Waals surface area contributed by atoms with Gasteiger partial charge in [-0.2, -0.15) is 0 Å². The van der Waals surface area contributed by atoms with E-state index >= 15 is 0 Å². The lowest BCUT2D eigenvalue weighted by molar-refractivity contribution is -0.141. The number of benzene rings is 1. The van der Waals surface area contributed by atoms with E-state index in [1.165, 1.54) is 0 Å². The summed E-state index contributed by atoms with van der Waals surface area (Å²) in [6.07, 6.45) is 0.369. The van der Waals surface area contributed by atoms with Crippen molar-refractivity contribution in [3.8, 4) is 0 Å². The highest BCUT2D eigenvalue weighted by atomic mass is 16.2. The Morgan fingerprint density at radius 3 is 2.31 bits per heavy atom. The molecule has 1 fully saturated rings.